The number of nitro benzene ring substituents is 1. The minimum atomic E-state index is -0.629. The van der Waals surface area contributed by atoms with Crippen molar-refractivity contribution in [2.24, 2.45) is 0 Å². The monoisotopic (exact) mass is 394 g/mol. The minimum Gasteiger partial charge on any atom is -0.341 e. The van der Waals surface area contributed by atoms with Crippen molar-refractivity contribution >= 4 is 29.3 Å². The summed E-state index contributed by atoms with van der Waals surface area (Å²) in [6.07, 6.45) is 4.24. The summed E-state index contributed by atoms with van der Waals surface area (Å²) in [5.74, 6) is 0.180. The maximum atomic E-state index is 12.9. The Hall–Kier alpha value is -2.13. The molecule has 1 aliphatic heterocycles. The first-order valence-corrected chi connectivity index (χ1v) is 10.4. The third kappa shape index (κ3) is 5.93. The van der Waals surface area contributed by atoms with Gasteiger partial charge in [0.1, 0.15) is 6.04 Å². The number of nitro groups is 1. The number of non-ortho nitro benzene ring substituents is 1. The van der Waals surface area contributed by atoms with Crippen LogP contribution in [0.5, 0.6) is 0 Å². The Bertz CT molecular complexity index is 677. The second-order valence-corrected chi connectivity index (χ2v) is 7.49. The number of amides is 2. The van der Waals surface area contributed by atoms with E-state index < -0.39 is 16.9 Å². The van der Waals surface area contributed by atoms with Crippen LogP contribution in [0.1, 0.15) is 29.6 Å². The number of piperidine rings is 1. The summed E-state index contributed by atoms with van der Waals surface area (Å²) in [4.78, 5) is 37.6. The zero-order valence-electron chi connectivity index (χ0n) is 15.6. The summed E-state index contributed by atoms with van der Waals surface area (Å²) in [5.41, 5.74) is 0.0313. The van der Waals surface area contributed by atoms with Crippen molar-refractivity contribution < 1.29 is 14.5 Å². The summed E-state index contributed by atoms with van der Waals surface area (Å²) in [7, 11) is 1.92. The molecule has 27 heavy (non-hydrogen) atoms. The predicted octanol–water partition coefficient (Wildman–Crippen LogP) is 1.66. The number of hydrogen-bond acceptors (Lipinski definition) is 6. The fourth-order valence-electron chi connectivity index (χ4n) is 3.10. The first-order valence-electron chi connectivity index (χ1n) is 8.96. The van der Waals surface area contributed by atoms with E-state index in [1.54, 1.807) is 16.7 Å². The second kappa shape index (κ2) is 10.3. The van der Waals surface area contributed by atoms with Crippen LogP contribution in [0.15, 0.2) is 24.3 Å². The smallest absolute Gasteiger partial charge is 0.270 e. The number of benzene rings is 1. The van der Waals surface area contributed by atoms with Crippen molar-refractivity contribution in [3.63, 3.8) is 0 Å². The van der Waals surface area contributed by atoms with Crippen LogP contribution in [0.2, 0.25) is 0 Å². The van der Waals surface area contributed by atoms with Gasteiger partial charge in [0.2, 0.25) is 5.91 Å². The minimum absolute atomic E-state index is 0.0858. The predicted molar refractivity (Wildman–Crippen MR) is 106 cm³/mol. The van der Waals surface area contributed by atoms with Gasteiger partial charge >= 0.3 is 0 Å². The van der Waals surface area contributed by atoms with Gasteiger partial charge in [0.05, 0.1) is 4.92 Å². The van der Waals surface area contributed by atoms with Gasteiger partial charge in [0.25, 0.3) is 11.6 Å². The standard InChI is InChI=1S/C18H26N4O4S/c1-19-14-6-9-21(10-7-14)18(24)16(8-11-27-2)20-17(23)13-4-3-5-15(12-13)22(25)26/h3-5,12,14,16,19H,6-11H2,1-2H3,(H,20,23). The van der Waals surface area contributed by atoms with Crippen LogP contribution in [-0.2, 0) is 4.79 Å². The molecule has 148 valence electrons. The van der Waals surface area contributed by atoms with Gasteiger partial charge in [-0.15, -0.1) is 0 Å². The lowest BCUT2D eigenvalue weighted by atomic mass is 10.0. The summed E-state index contributed by atoms with van der Waals surface area (Å²) in [6, 6.07) is 5.32. The number of rotatable bonds is 8. The van der Waals surface area contributed by atoms with Crippen LogP contribution in [0.3, 0.4) is 0 Å². The highest BCUT2D eigenvalue weighted by molar-refractivity contribution is 7.98. The Balaban J connectivity index is 2.07. The van der Waals surface area contributed by atoms with Gasteiger partial charge in [-0.25, -0.2) is 0 Å². The van der Waals surface area contributed by atoms with Crippen molar-refractivity contribution in [3.8, 4) is 0 Å². The molecule has 1 unspecified atom stereocenters. The number of nitrogens with zero attached hydrogens (tertiary/aromatic N) is 2. The molecule has 1 aromatic carbocycles. The topological polar surface area (TPSA) is 105 Å². The third-order valence-electron chi connectivity index (χ3n) is 4.75. The molecular formula is C18H26N4O4S. The van der Waals surface area contributed by atoms with E-state index in [4.69, 9.17) is 0 Å². The van der Waals surface area contributed by atoms with Crippen LogP contribution in [-0.4, -0.2) is 65.9 Å². The van der Waals surface area contributed by atoms with Gasteiger partial charge in [-0.3, -0.25) is 19.7 Å². The highest BCUT2D eigenvalue weighted by Gasteiger charge is 2.29. The third-order valence-corrected chi connectivity index (χ3v) is 5.39. The van der Waals surface area contributed by atoms with E-state index in [2.05, 4.69) is 10.6 Å². The van der Waals surface area contributed by atoms with Gasteiger partial charge in [0.15, 0.2) is 0 Å². The molecule has 8 nitrogen and oxygen atoms in total. The Morgan fingerprint density at radius 3 is 2.67 bits per heavy atom. The van der Waals surface area contributed by atoms with E-state index in [1.165, 1.54) is 24.3 Å². The molecular weight excluding hydrogens is 368 g/mol. The van der Waals surface area contributed by atoms with Crippen LogP contribution in [0.25, 0.3) is 0 Å². The highest BCUT2D eigenvalue weighted by Crippen LogP contribution is 2.16. The molecule has 1 saturated heterocycles. The van der Waals surface area contributed by atoms with E-state index >= 15 is 0 Å². The molecule has 0 radical (unpaired) electrons. The molecule has 2 N–H and O–H groups in total. The number of nitrogens with one attached hydrogen (secondary N) is 2. The van der Waals surface area contributed by atoms with E-state index in [1.807, 2.05) is 13.3 Å². The van der Waals surface area contributed by atoms with Crippen LogP contribution in [0, 0.1) is 10.1 Å². The lowest BCUT2D eigenvalue weighted by Crippen LogP contribution is -2.52. The summed E-state index contributed by atoms with van der Waals surface area (Å²) < 4.78 is 0. The number of likely N-dealkylation sites (tertiary alicyclic amines) is 1. The molecule has 0 bridgehead atoms. The average molecular weight is 394 g/mol. The van der Waals surface area contributed by atoms with Crippen LogP contribution < -0.4 is 10.6 Å². The fourth-order valence-corrected chi connectivity index (χ4v) is 3.58. The average Bonchev–Trinajstić information content (AvgIpc) is 2.70. The van der Waals surface area contributed by atoms with E-state index in [9.17, 15) is 19.7 Å². The number of carbonyl (C=O) groups excluding carboxylic acids is 2. The zero-order chi connectivity index (χ0) is 19.8. The largest absolute Gasteiger partial charge is 0.341 e. The fraction of sp³-hybridized carbons (Fsp3) is 0.556. The molecule has 1 aromatic rings. The van der Waals surface area contributed by atoms with Gasteiger partial charge in [-0.2, -0.15) is 11.8 Å². The molecule has 2 rings (SSSR count). The van der Waals surface area contributed by atoms with Crippen molar-refractivity contribution in [1.82, 2.24) is 15.5 Å². The second-order valence-electron chi connectivity index (χ2n) is 6.50. The van der Waals surface area contributed by atoms with E-state index in [0.29, 0.717) is 25.6 Å². The maximum absolute atomic E-state index is 12.9. The van der Waals surface area contributed by atoms with Gasteiger partial charge in [-0.05, 0) is 44.4 Å². The molecule has 1 aliphatic rings. The molecule has 1 atom stereocenters. The van der Waals surface area contributed by atoms with Crippen LogP contribution >= 0.6 is 11.8 Å². The number of hydrogen-bond donors (Lipinski definition) is 2. The Morgan fingerprint density at radius 2 is 2.07 bits per heavy atom. The lowest BCUT2D eigenvalue weighted by molar-refractivity contribution is -0.384. The van der Waals surface area contributed by atoms with E-state index in [-0.39, 0.29) is 17.2 Å². The van der Waals surface area contributed by atoms with Gasteiger partial charge < -0.3 is 15.5 Å². The first kappa shape index (κ1) is 21.2. The number of carbonyl (C=O) groups is 2. The summed E-state index contributed by atoms with van der Waals surface area (Å²) in [5, 5.41) is 16.9. The van der Waals surface area contributed by atoms with Crippen LogP contribution in [0.4, 0.5) is 5.69 Å². The Morgan fingerprint density at radius 1 is 1.37 bits per heavy atom. The zero-order valence-corrected chi connectivity index (χ0v) is 16.5. The molecule has 2 amide bonds. The Labute approximate surface area is 163 Å². The first-order chi connectivity index (χ1) is 13.0. The Kier molecular flexibility index (Phi) is 8.05. The maximum Gasteiger partial charge on any atom is 0.270 e. The summed E-state index contributed by atoms with van der Waals surface area (Å²) >= 11 is 1.61. The van der Waals surface area contributed by atoms with Crippen molar-refractivity contribution in [1.29, 1.82) is 0 Å². The lowest BCUT2D eigenvalue weighted by Gasteiger charge is -2.34. The molecule has 1 heterocycles. The SMILES string of the molecule is CNC1CCN(C(=O)C(CCSC)NC(=O)c2cccc([N+](=O)[O-])c2)CC1. The molecule has 0 spiro atoms. The molecule has 0 saturated carbocycles. The number of thioether (sulfide) groups is 1. The molecule has 0 aromatic heterocycles. The van der Waals surface area contributed by atoms with Crippen molar-refractivity contribution in [2.75, 3.05) is 32.1 Å². The quantitative estimate of drug-likeness (QED) is 0.513. The van der Waals surface area contributed by atoms with Gasteiger partial charge in [0, 0.05) is 36.8 Å². The molecule has 1 fully saturated rings. The highest BCUT2D eigenvalue weighted by atomic mass is 32.2. The van der Waals surface area contributed by atoms with Crippen molar-refractivity contribution in [2.45, 2.75) is 31.3 Å². The normalized spacial score (nSPS) is 16.0. The van der Waals surface area contributed by atoms with Crippen molar-refractivity contribution in [3.05, 3.63) is 39.9 Å². The van der Waals surface area contributed by atoms with Gasteiger partial charge in [-0.1, -0.05) is 6.07 Å². The molecule has 9 heteroatoms. The summed E-state index contributed by atoms with van der Waals surface area (Å²) in [6.45, 7) is 1.32. The molecule has 0 aliphatic carbocycles. The van der Waals surface area contributed by atoms with E-state index in [0.717, 1.165) is 18.6 Å².